The quantitative estimate of drug-likeness (QED) is 0.381. The summed E-state index contributed by atoms with van der Waals surface area (Å²) in [5, 5.41) is 11.8. The number of nitrogens with two attached hydrogens (primary N) is 1. The number of hydrogen-bond donors (Lipinski definition) is 2. The van der Waals surface area contributed by atoms with Crippen LogP contribution in [0.3, 0.4) is 0 Å². The maximum absolute atomic E-state index is 12.5. The largest absolute Gasteiger partial charge is 0.409 e. The van der Waals surface area contributed by atoms with E-state index in [9.17, 15) is 4.79 Å². The van der Waals surface area contributed by atoms with Gasteiger partial charge in [-0.25, -0.2) is 0 Å². The van der Waals surface area contributed by atoms with E-state index < -0.39 is 5.92 Å². The molecule has 0 radical (unpaired) electrons. The third kappa shape index (κ3) is 2.92. The first-order chi connectivity index (χ1) is 9.67. The zero-order valence-corrected chi connectivity index (χ0v) is 11.7. The van der Waals surface area contributed by atoms with Gasteiger partial charge in [0.15, 0.2) is 5.84 Å². The number of amides is 1. The van der Waals surface area contributed by atoms with Gasteiger partial charge in [-0.1, -0.05) is 36.3 Å². The van der Waals surface area contributed by atoms with E-state index in [1.807, 2.05) is 24.0 Å². The Kier molecular flexibility index (Phi) is 4.61. The third-order valence-corrected chi connectivity index (χ3v) is 3.84. The van der Waals surface area contributed by atoms with Crippen molar-refractivity contribution in [3.05, 3.63) is 35.4 Å². The van der Waals surface area contributed by atoms with Crippen molar-refractivity contribution < 1.29 is 10.0 Å². The number of nitrogens with zero attached hydrogens (tertiary/aromatic N) is 2. The van der Waals surface area contributed by atoms with E-state index in [0.29, 0.717) is 19.5 Å². The van der Waals surface area contributed by atoms with Crippen molar-refractivity contribution in [2.75, 3.05) is 6.54 Å². The standard InChI is InChI=1S/C15H21N3O2/c1-2-13(14(16)17-20)15(19)18-9-5-8-11-6-3-4-7-12(11)10-18/h3-4,6-7,13,20H,2,5,8-10H2,1H3,(H2,16,17). The first-order valence-corrected chi connectivity index (χ1v) is 7.00. The molecule has 1 aliphatic rings. The molecule has 1 aromatic carbocycles. The second-order valence-electron chi connectivity index (χ2n) is 5.12. The number of hydrogen-bond acceptors (Lipinski definition) is 3. The van der Waals surface area contributed by atoms with Crippen molar-refractivity contribution in [3.8, 4) is 0 Å². The number of rotatable bonds is 3. The maximum atomic E-state index is 12.5. The Morgan fingerprint density at radius 2 is 2.15 bits per heavy atom. The van der Waals surface area contributed by atoms with Gasteiger partial charge in [-0.2, -0.15) is 0 Å². The SMILES string of the molecule is CCC(C(=O)N1CCCc2ccccc2C1)C(N)=NO. The molecule has 5 heteroatoms. The second-order valence-corrected chi connectivity index (χ2v) is 5.12. The van der Waals surface area contributed by atoms with Gasteiger partial charge in [0.1, 0.15) is 0 Å². The molecule has 1 aliphatic heterocycles. The van der Waals surface area contributed by atoms with Crippen LogP contribution in [0.5, 0.6) is 0 Å². The first kappa shape index (κ1) is 14.4. The van der Waals surface area contributed by atoms with Crippen LogP contribution in [-0.4, -0.2) is 28.4 Å². The number of carbonyl (C=O) groups is 1. The Bertz CT molecular complexity index is 514. The minimum absolute atomic E-state index is 0.00460. The summed E-state index contributed by atoms with van der Waals surface area (Å²) >= 11 is 0. The van der Waals surface area contributed by atoms with Gasteiger partial charge in [0.05, 0.1) is 5.92 Å². The van der Waals surface area contributed by atoms with Crippen molar-refractivity contribution in [3.63, 3.8) is 0 Å². The molecule has 5 nitrogen and oxygen atoms in total. The van der Waals surface area contributed by atoms with Gasteiger partial charge in [0, 0.05) is 13.1 Å². The summed E-state index contributed by atoms with van der Waals surface area (Å²) in [7, 11) is 0. The summed E-state index contributed by atoms with van der Waals surface area (Å²) in [6.07, 6.45) is 2.46. The van der Waals surface area contributed by atoms with Crippen LogP contribution in [0.25, 0.3) is 0 Å². The number of amidine groups is 1. The number of oxime groups is 1. The van der Waals surface area contributed by atoms with E-state index in [-0.39, 0.29) is 11.7 Å². The van der Waals surface area contributed by atoms with Crippen LogP contribution in [0.2, 0.25) is 0 Å². The molecule has 1 aromatic rings. The van der Waals surface area contributed by atoms with E-state index >= 15 is 0 Å². The molecule has 1 unspecified atom stereocenters. The maximum Gasteiger partial charge on any atom is 0.233 e. The van der Waals surface area contributed by atoms with Gasteiger partial charge in [0.25, 0.3) is 0 Å². The van der Waals surface area contributed by atoms with Crippen molar-refractivity contribution in [1.29, 1.82) is 0 Å². The smallest absolute Gasteiger partial charge is 0.233 e. The van der Waals surface area contributed by atoms with Crippen LogP contribution in [0.15, 0.2) is 29.4 Å². The summed E-state index contributed by atoms with van der Waals surface area (Å²) in [5.41, 5.74) is 8.11. The minimum atomic E-state index is -0.537. The molecule has 3 N–H and O–H groups in total. The molecule has 1 amide bonds. The Hall–Kier alpha value is -2.04. The fourth-order valence-corrected chi connectivity index (χ4v) is 2.69. The van der Waals surface area contributed by atoms with Gasteiger partial charge in [-0.05, 0) is 30.4 Å². The number of fused-ring (bicyclic) bond motifs is 1. The molecular formula is C15H21N3O2. The average molecular weight is 275 g/mol. The molecule has 0 saturated heterocycles. The lowest BCUT2D eigenvalue weighted by Crippen LogP contribution is -2.41. The van der Waals surface area contributed by atoms with Crippen molar-refractivity contribution >= 4 is 11.7 Å². The molecule has 0 aromatic heterocycles. The second kappa shape index (κ2) is 6.41. The Balaban J connectivity index is 2.19. The monoisotopic (exact) mass is 275 g/mol. The van der Waals surface area contributed by atoms with Crippen molar-refractivity contribution in [2.45, 2.75) is 32.7 Å². The zero-order chi connectivity index (χ0) is 14.5. The molecule has 0 saturated carbocycles. The minimum Gasteiger partial charge on any atom is -0.409 e. The molecule has 0 bridgehead atoms. The molecule has 0 aliphatic carbocycles. The Labute approximate surface area is 119 Å². The van der Waals surface area contributed by atoms with Gasteiger partial charge in [-0.15, -0.1) is 0 Å². The van der Waals surface area contributed by atoms with Crippen LogP contribution in [0.1, 0.15) is 30.9 Å². The lowest BCUT2D eigenvalue weighted by atomic mass is 10.0. The van der Waals surface area contributed by atoms with Gasteiger partial charge in [0.2, 0.25) is 5.91 Å². The predicted molar refractivity (Wildman–Crippen MR) is 77.4 cm³/mol. The average Bonchev–Trinajstić information content (AvgIpc) is 2.69. The molecule has 1 atom stereocenters. The fraction of sp³-hybridized carbons (Fsp3) is 0.467. The first-order valence-electron chi connectivity index (χ1n) is 7.00. The lowest BCUT2D eigenvalue weighted by Gasteiger charge is -2.25. The zero-order valence-electron chi connectivity index (χ0n) is 11.7. The molecular weight excluding hydrogens is 254 g/mol. The van der Waals surface area contributed by atoms with Gasteiger partial charge >= 0.3 is 0 Å². The van der Waals surface area contributed by atoms with Crippen LogP contribution < -0.4 is 5.73 Å². The van der Waals surface area contributed by atoms with E-state index in [0.717, 1.165) is 12.8 Å². The molecule has 108 valence electrons. The highest BCUT2D eigenvalue weighted by atomic mass is 16.4. The molecule has 0 spiro atoms. The predicted octanol–water partition coefficient (Wildman–Crippen LogP) is 1.73. The molecule has 20 heavy (non-hydrogen) atoms. The van der Waals surface area contributed by atoms with Crippen LogP contribution in [-0.2, 0) is 17.8 Å². The summed E-state index contributed by atoms with van der Waals surface area (Å²) in [6, 6.07) is 8.20. The lowest BCUT2D eigenvalue weighted by molar-refractivity contribution is -0.134. The molecule has 0 fully saturated rings. The van der Waals surface area contributed by atoms with Crippen LogP contribution >= 0.6 is 0 Å². The summed E-state index contributed by atoms with van der Waals surface area (Å²) < 4.78 is 0. The molecule has 1 heterocycles. The topological polar surface area (TPSA) is 78.9 Å². The third-order valence-electron chi connectivity index (χ3n) is 3.84. The Morgan fingerprint density at radius 1 is 1.45 bits per heavy atom. The summed E-state index contributed by atoms with van der Waals surface area (Å²) in [6.45, 7) is 3.18. The summed E-state index contributed by atoms with van der Waals surface area (Å²) in [4.78, 5) is 14.4. The van der Waals surface area contributed by atoms with E-state index in [1.54, 1.807) is 0 Å². The van der Waals surface area contributed by atoms with Crippen LogP contribution in [0.4, 0.5) is 0 Å². The van der Waals surface area contributed by atoms with Crippen molar-refractivity contribution in [2.24, 2.45) is 16.8 Å². The van der Waals surface area contributed by atoms with Gasteiger partial charge in [-0.3, -0.25) is 4.79 Å². The van der Waals surface area contributed by atoms with Gasteiger partial charge < -0.3 is 15.8 Å². The Morgan fingerprint density at radius 3 is 2.80 bits per heavy atom. The normalized spacial score (nSPS) is 17.2. The number of carbonyl (C=O) groups excluding carboxylic acids is 1. The number of aryl methyl sites for hydroxylation is 1. The van der Waals surface area contributed by atoms with E-state index in [2.05, 4.69) is 17.3 Å². The highest BCUT2D eigenvalue weighted by Gasteiger charge is 2.27. The molecule has 2 rings (SSSR count). The number of benzene rings is 1. The van der Waals surface area contributed by atoms with E-state index in [4.69, 9.17) is 10.9 Å². The van der Waals surface area contributed by atoms with Crippen LogP contribution in [0, 0.1) is 5.92 Å². The highest BCUT2D eigenvalue weighted by molar-refractivity contribution is 6.02. The summed E-state index contributed by atoms with van der Waals surface area (Å²) in [5.74, 6) is -0.597. The van der Waals surface area contributed by atoms with Crippen molar-refractivity contribution in [1.82, 2.24) is 4.90 Å². The van der Waals surface area contributed by atoms with E-state index in [1.165, 1.54) is 11.1 Å². The fourth-order valence-electron chi connectivity index (χ4n) is 2.69. The highest BCUT2D eigenvalue weighted by Crippen LogP contribution is 2.20.